The average molecular weight is 388 g/mol. The number of carbonyl (C=O) groups is 1. The number of aromatic nitrogens is 3. The minimum absolute atomic E-state index is 0.164. The Labute approximate surface area is 160 Å². The van der Waals surface area contributed by atoms with E-state index >= 15 is 0 Å². The maximum atomic E-state index is 11.1. The molecule has 0 saturated heterocycles. The molecule has 0 fully saturated rings. The zero-order chi connectivity index (χ0) is 18.4. The molecular formula is C18H18ClN5OS. The van der Waals surface area contributed by atoms with Gasteiger partial charge in [-0.25, -0.2) is 0 Å². The monoisotopic (exact) mass is 387 g/mol. The second-order valence-electron chi connectivity index (χ2n) is 5.59. The van der Waals surface area contributed by atoms with Crippen LogP contribution in [0.3, 0.4) is 0 Å². The van der Waals surface area contributed by atoms with Crippen LogP contribution in [-0.2, 0) is 17.9 Å². The number of amides is 1. The third-order valence-corrected chi connectivity index (χ3v) is 4.86. The number of thioether (sulfide) groups is 1. The van der Waals surface area contributed by atoms with Crippen molar-refractivity contribution in [2.45, 2.75) is 18.2 Å². The quantitative estimate of drug-likeness (QED) is 0.580. The summed E-state index contributed by atoms with van der Waals surface area (Å²) in [5, 5.41) is 13.2. The van der Waals surface area contributed by atoms with E-state index in [-0.39, 0.29) is 11.7 Å². The van der Waals surface area contributed by atoms with Gasteiger partial charge in [0.05, 0.1) is 18.8 Å². The van der Waals surface area contributed by atoms with E-state index in [9.17, 15) is 4.79 Å². The number of benzene rings is 2. The Morgan fingerprint density at radius 1 is 1.12 bits per heavy atom. The zero-order valence-corrected chi connectivity index (χ0v) is 15.5. The normalized spacial score (nSPS) is 10.7. The molecule has 0 spiro atoms. The minimum atomic E-state index is -0.384. The third-order valence-electron chi connectivity index (χ3n) is 3.62. The van der Waals surface area contributed by atoms with Crippen LogP contribution in [0.25, 0.3) is 0 Å². The molecule has 3 aromatic rings. The Morgan fingerprint density at radius 3 is 2.54 bits per heavy atom. The molecule has 3 N–H and O–H groups in total. The highest BCUT2D eigenvalue weighted by atomic mass is 35.5. The van der Waals surface area contributed by atoms with Crippen molar-refractivity contribution in [2.24, 2.45) is 5.73 Å². The number of nitrogens with one attached hydrogen (secondary N) is 1. The molecule has 0 aliphatic heterocycles. The number of primary amides is 1. The topological polar surface area (TPSA) is 85.8 Å². The highest BCUT2D eigenvalue weighted by molar-refractivity contribution is 7.99. The van der Waals surface area contributed by atoms with E-state index in [4.69, 9.17) is 17.3 Å². The summed E-state index contributed by atoms with van der Waals surface area (Å²) < 4.78 is 1.99. The van der Waals surface area contributed by atoms with Gasteiger partial charge in [0, 0.05) is 10.7 Å². The number of carbonyl (C=O) groups excluding carboxylic acids is 1. The summed E-state index contributed by atoms with van der Waals surface area (Å²) >= 11 is 7.20. The van der Waals surface area contributed by atoms with Crippen molar-refractivity contribution in [2.75, 3.05) is 11.1 Å². The molecule has 8 heteroatoms. The second kappa shape index (κ2) is 8.73. The van der Waals surface area contributed by atoms with Gasteiger partial charge < -0.3 is 15.6 Å². The summed E-state index contributed by atoms with van der Waals surface area (Å²) in [6.07, 6.45) is 0. The van der Waals surface area contributed by atoms with Crippen LogP contribution in [-0.4, -0.2) is 26.4 Å². The second-order valence-corrected chi connectivity index (χ2v) is 6.96. The first-order valence-electron chi connectivity index (χ1n) is 7.98. The van der Waals surface area contributed by atoms with Crippen molar-refractivity contribution >= 4 is 35.0 Å². The number of hydrogen-bond acceptors (Lipinski definition) is 5. The lowest BCUT2D eigenvalue weighted by Crippen LogP contribution is -2.15. The van der Waals surface area contributed by atoms with Crippen molar-refractivity contribution in [3.05, 3.63) is 71.0 Å². The lowest BCUT2D eigenvalue weighted by molar-refractivity contribution is -0.115. The van der Waals surface area contributed by atoms with Gasteiger partial charge in [0.1, 0.15) is 0 Å². The molecule has 26 heavy (non-hydrogen) atoms. The molecule has 0 bridgehead atoms. The SMILES string of the molecule is NC(=O)CSc1nnc(CNc2ccc(Cl)cc2)n1Cc1ccccc1. The first-order valence-corrected chi connectivity index (χ1v) is 9.35. The molecule has 1 aromatic heterocycles. The Balaban J connectivity index is 1.78. The number of halogens is 1. The highest BCUT2D eigenvalue weighted by Gasteiger charge is 2.14. The van der Waals surface area contributed by atoms with E-state index < -0.39 is 0 Å². The van der Waals surface area contributed by atoms with Crippen molar-refractivity contribution in [1.82, 2.24) is 14.8 Å². The fourth-order valence-corrected chi connectivity index (χ4v) is 3.19. The summed E-state index contributed by atoms with van der Waals surface area (Å²) in [5.41, 5.74) is 7.32. The van der Waals surface area contributed by atoms with Crippen molar-refractivity contribution in [3.8, 4) is 0 Å². The standard InChI is InChI=1S/C18H18ClN5OS/c19-14-6-8-15(9-7-14)21-10-17-22-23-18(26-12-16(20)25)24(17)11-13-4-2-1-3-5-13/h1-9,21H,10-12H2,(H2,20,25). The molecule has 2 aromatic carbocycles. The van der Waals surface area contributed by atoms with Crippen molar-refractivity contribution < 1.29 is 4.79 Å². The third kappa shape index (κ3) is 5.00. The predicted molar refractivity (Wildman–Crippen MR) is 104 cm³/mol. The Hall–Kier alpha value is -2.51. The van der Waals surface area contributed by atoms with Crippen LogP contribution in [0.4, 0.5) is 5.69 Å². The number of nitrogens with zero attached hydrogens (tertiary/aromatic N) is 3. The average Bonchev–Trinajstić information content (AvgIpc) is 3.02. The van der Waals surface area contributed by atoms with Crippen LogP contribution >= 0.6 is 23.4 Å². The summed E-state index contributed by atoms with van der Waals surface area (Å²) in [5.74, 6) is 0.554. The van der Waals surface area contributed by atoms with Gasteiger partial charge in [-0.1, -0.05) is 53.7 Å². The molecule has 0 aliphatic rings. The molecule has 1 heterocycles. The van der Waals surface area contributed by atoms with E-state index in [1.807, 2.05) is 59.2 Å². The molecule has 0 aliphatic carbocycles. The molecule has 0 unspecified atom stereocenters. The van der Waals surface area contributed by atoms with Gasteiger partial charge >= 0.3 is 0 Å². The lowest BCUT2D eigenvalue weighted by Gasteiger charge is -2.11. The molecule has 0 saturated carbocycles. The van der Waals surface area contributed by atoms with Crippen molar-refractivity contribution in [1.29, 1.82) is 0 Å². The van der Waals surface area contributed by atoms with Gasteiger partial charge in [-0.2, -0.15) is 0 Å². The fraction of sp³-hybridized carbons (Fsp3) is 0.167. The van der Waals surface area contributed by atoms with Gasteiger partial charge in [0.15, 0.2) is 11.0 Å². The van der Waals surface area contributed by atoms with E-state index in [1.165, 1.54) is 11.8 Å². The maximum Gasteiger partial charge on any atom is 0.227 e. The maximum absolute atomic E-state index is 11.1. The smallest absolute Gasteiger partial charge is 0.227 e. The van der Waals surface area contributed by atoms with E-state index in [0.29, 0.717) is 23.3 Å². The van der Waals surface area contributed by atoms with Crippen LogP contribution in [0.15, 0.2) is 59.8 Å². The number of anilines is 1. The minimum Gasteiger partial charge on any atom is -0.378 e. The van der Waals surface area contributed by atoms with Crippen molar-refractivity contribution in [3.63, 3.8) is 0 Å². The molecular weight excluding hydrogens is 370 g/mol. The molecule has 0 atom stereocenters. The van der Waals surface area contributed by atoms with E-state index in [1.54, 1.807) is 0 Å². The van der Waals surface area contributed by atoms with E-state index in [0.717, 1.165) is 17.1 Å². The number of rotatable bonds is 8. The first-order chi connectivity index (χ1) is 12.6. The number of hydrogen-bond donors (Lipinski definition) is 2. The van der Waals surface area contributed by atoms with Crippen LogP contribution < -0.4 is 11.1 Å². The largest absolute Gasteiger partial charge is 0.378 e. The molecule has 1 amide bonds. The molecule has 134 valence electrons. The number of nitrogens with two attached hydrogens (primary N) is 1. The van der Waals surface area contributed by atoms with Crippen LogP contribution in [0.2, 0.25) is 5.02 Å². The van der Waals surface area contributed by atoms with Gasteiger partial charge in [-0.15, -0.1) is 10.2 Å². The Bertz CT molecular complexity index is 867. The lowest BCUT2D eigenvalue weighted by atomic mass is 10.2. The van der Waals surface area contributed by atoms with Crippen LogP contribution in [0.1, 0.15) is 11.4 Å². The summed E-state index contributed by atoms with van der Waals surface area (Å²) in [7, 11) is 0. The summed E-state index contributed by atoms with van der Waals surface area (Å²) in [6, 6.07) is 17.5. The van der Waals surface area contributed by atoms with Gasteiger partial charge in [-0.3, -0.25) is 4.79 Å². The predicted octanol–water partition coefficient (Wildman–Crippen LogP) is 3.17. The molecule has 0 radical (unpaired) electrons. The van der Waals surface area contributed by atoms with E-state index in [2.05, 4.69) is 15.5 Å². The zero-order valence-electron chi connectivity index (χ0n) is 13.9. The summed E-state index contributed by atoms with van der Waals surface area (Å²) in [6.45, 7) is 1.12. The molecule has 3 rings (SSSR count). The summed E-state index contributed by atoms with van der Waals surface area (Å²) in [4.78, 5) is 11.1. The van der Waals surface area contributed by atoms with Gasteiger partial charge in [-0.05, 0) is 29.8 Å². The van der Waals surface area contributed by atoms with Crippen LogP contribution in [0.5, 0.6) is 0 Å². The molecule has 6 nitrogen and oxygen atoms in total. The first kappa shape index (κ1) is 18.3. The van der Waals surface area contributed by atoms with Crippen LogP contribution in [0, 0.1) is 0 Å². The Kier molecular flexibility index (Phi) is 6.14. The highest BCUT2D eigenvalue weighted by Crippen LogP contribution is 2.20. The van der Waals surface area contributed by atoms with Gasteiger partial charge in [0.25, 0.3) is 0 Å². The Morgan fingerprint density at radius 2 is 1.85 bits per heavy atom. The fourth-order valence-electron chi connectivity index (χ4n) is 2.37. The van der Waals surface area contributed by atoms with Gasteiger partial charge in [0.2, 0.25) is 5.91 Å².